The Labute approximate surface area is 159 Å². The highest BCUT2D eigenvalue weighted by atomic mass is 16.6. The minimum absolute atomic E-state index is 0.129. The average molecular weight is 367 g/mol. The number of hydrogen-bond acceptors (Lipinski definition) is 4. The van der Waals surface area contributed by atoms with Gasteiger partial charge in [0.2, 0.25) is 0 Å². The molecule has 0 amide bonds. The third-order valence-corrected chi connectivity index (χ3v) is 6.10. The molecule has 4 nitrogen and oxygen atoms in total. The first-order chi connectivity index (χ1) is 12.0. The highest BCUT2D eigenvalue weighted by Crippen LogP contribution is 2.45. The quantitative estimate of drug-likeness (QED) is 0.718. The van der Waals surface area contributed by atoms with E-state index in [1.807, 2.05) is 27.7 Å². The summed E-state index contributed by atoms with van der Waals surface area (Å²) in [6, 6.07) is 0. The molecular formula is C22H38O4. The van der Waals surface area contributed by atoms with Crippen LogP contribution >= 0.6 is 0 Å². The molecular weight excluding hydrogens is 328 g/mol. The first kappa shape index (κ1) is 21.4. The van der Waals surface area contributed by atoms with Gasteiger partial charge in [0.1, 0.15) is 11.4 Å². The zero-order chi connectivity index (χ0) is 19.5. The van der Waals surface area contributed by atoms with Gasteiger partial charge >= 0.3 is 5.97 Å². The number of esters is 1. The maximum Gasteiger partial charge on any atom is 0.309 e. The molecule has 0 aromatic rings. The number of rotatable bonds is 5. The zero-order valence-corrected chi connectivity index (χ0v) is 17.3. The Bertz CT molecular complexity index is 507. The molecule has 150 valence electrons. The van der Waals surface area contributed by atoms with Crippen molar-refractivity contribution in [2.24, 2.45) is 23.7 Å². The van der Waals surface area contributed by atoms with Crippen molar-refractivity contribution in [1.82, 2.24) is 0 Å². The minimum atomic E-state index is -0.838. The molecule has 0 aromatic heterocycles. The van der Waals surface area contributed by atoms with Crippen LogP contribution in [-0.4, -0.2) is 28.1 Å². The molecule has 4 heteroatoms. The molecule has 2 fully saturated rings. The average Bonchev–Trinajstić information content (AvgIpc) is 2.50. The van der Waals surface area contributed by atoms with Crippen molar-refractivity contribution in [3.63, 3.8) is 0 Å². The molecule has 5 unspecified atom stereocenters. The molecule has 26 heavy (non-hydrogen) atoms. The van der Waals surface area contributed by atoms with E-state index in [9.17, 15) is 14.7 Å². The van der Waals surface area contributed by atoms with Gasteiger partial charge < -0.3 is 9.84 Å². The largest absolute Gasteiger partial charge is 0.460 e. The molecule has 0 bridgehead atoms. The Morgan fingerprint density at radius 2 is 2.00 bits per heavy atom. The molecule has 2 rings (SSSR count). The van der Waals surface area contributed by atoms with Crippen LogP contribution in [0.1, 0.15) is 92.4 Å². The number of hydrogen-bond donors (Lipinski definition) is 1. The van der Waals surface area contributed by atoms with Gasteiger partial charge in [-0.25, -0.2) is 0 Å². The lowest BCUT2D eigenvalue weighted by Crippen LogP contribution is -2.49. The van der Waals surface area contributed by atoms with Crippen LogP contribution < -0.4 is 0 Å². The lowest BCUT2D eigenvalue weighted by atomic mass is 9.63. The number of carbonyl (C=O) groups excluding carboxylic acids is 2. The first-order valence-electron chi connectivity index (χ1n) is 10.5. The van der Waals surface area contributed by atoms with Gasteiger partial charge in [-0.1, -0.05) is 20.3 Å². The molecule has 0 aliphatic heterocycles. The number of Topliss-reactive ketones (excluding diaryl/α,β-unsaturated/α-hetero) is 1. The third-order valence-electron chi connectivity index (χ3n) is 6.10. The van der Waals surface area contributed by atoms with Gasteiger partial charge in [-0.15, -0.1) is 0 Å². The van der Waals surface area contributed by atoms with Gasteiger partial charge in [-0.3, -0.25) is 9.59 Å². The van der Waals surface area contributed by atoms with E-state index in [1.165, 1.54) is 0 Å². The standard InChI is InChI=1S/C22H38O4/c1-15-12-17(11-10-16(2)20(24)26-21(3,4)5)14-22(25,13-15)18-8-6-7-9-19(18)23/h15-18,25H,6-14H2,1-5H3. The summed E-state index contributed by atoms with van der Waals surface area (Å²) < 4.78 is 5.48. The fraction of sp³-hybridized carbons (Fsp3) is 0.909. The number of carbonyl (C=O) groups is 2. The molecule has 0 spiro atoms. The fourth-order valence-corrected chi connectivity index (χ4v) is 4.98. The Balaban J connectivity index is 1.93. The number of ether oxygens (including phenoxy) is 1. The van der Waals surface area contributed by atoms with E-state index in [0.29, 0.717) is 24.7 Å². The van der Waals surface area contributed by atoms with E-state index in [-0.39, 0.29) is 23.6 Å². The van der Waals surface area contributed by atoms with Crippen molar-refractivity contribution in [2.75, 3.05) is 0 Å². The third kappa shape index (κ3) is 5.80. The molecule has 2 aliphatic rings. The van der Waals surface area contributed by atoms with Crippen LogP contribution in [0.15, 0.2) is 0 Å². The normalized spacial score (nSPS) is 34.4. The SMILES string of the molecule is CC1CC(CCC(C)C(=O)OC(C)(C)C)CC(O)(C2CCCCC2=O)C1. The predicted molar refractivity (Wildman–Crippen MR) is 103 cm³/mol. The lowest BCUT2D eigenvalue weighted by Gasteiger charge is -2.45. The summed E-state index contributed by atoms with van der Waals surface area (Å²) >= 11 is 0. The Morgan fingerprint density at radius 1 is 1.31 bits per heavy atom. The molecule has 0 saturated heterocycles. The molecule has 1 N–H and O–H groups in total. The van der Waals surface area contributed by atoms with E-state index in [2.05, 4.69) is 6.92 Å². The van der Waals surface area contributed by atoms with Crippen molar-refractivity contribution in [3.05, 3.63) is 0 Å². The van der Waals surface area contributed by atoms with E-state index in [0.717, 1.165) is 44.9 Å². The van der Waals surface area contributed by atoms with E-state index in [1.54, 1.807) is 0 Å². The number of aliphatic hydroxyl groups is 1. The summed E-state index contributed by atoms with van der Waals surface area (Å²) in [4.78, 5) is 24.6. The van der Waals surface area contributed by atoms with Gasteiger partial charge in [-0.05, 0) is 77.6 Å². The Kier molecular flexibility index (Phi) is 6.92. The second kappa shape index (κ2) is 8.41. The van der Waals surface area contributed by atoms with Crippen molar-refractivity contribution < 1.29 is 19.4 Å². The zero-order valence-electron chi connectivity index (χ0n) is 17.3. The monoisotopic (exact) mass is 366 g/mol. The van der Waals surface area contributed by atoms with Crippen molar-refractivity contribution in [1.29, 1.82) is 0 Å². The van der Waals surface area contributed by atoms with Gasteiger partial charge in [0.25, 0.3) is 0 Å². The summed E-state index contributed by atoms with van der Waals surface area (Å²) in [5.41, 5.74) is -1.29. The van der Waals surface area contributed by atoms with Crippen LogP contribution in [0.25, 0.3) is 0 Å². The molecule has 2 aliphatic carbocycles. The lowest BCUT2D eigenvalue weighted by molar-refractivity contribution is -0.159. The van der Waals surface area contributed by atoms with Crippen LogP contribution in [0.4, 0.5) is 0 Å². The van der Waals surface area contributed by atoms with Gasteiger partial charge in [0.05, 0.1) is 11.5 Å². The molecule has 0 heterocycles. The Hall–Kier alpha value is -0.900. The summed E-state index contributed by atoms with van der Waals surface area (Å²) in [5, 5.41) is 11.3. The molecule has 5 atom stereocenters. The fourth-order valence-electron chi connectivity index (χ4n) is 4.98. The van der Waals surface area contributed by atoms with Crippen LogP contribution in [-0.2, 0) is 14.3 Å². The van der Waals surface area contributed by atoms with Crippen LogP contribution in [0.2, 0.25) is 0 Å². The van der Waals surface area contributed by atoms with Crippen molar-refractivity contribution >= 4 is 11.8 Å². The van der Waals surface area contributed by atoms with Gasteiger partial charge in [-0.2, -0.15) is 0 Å². The summed E-state index contributed by atoms with van der Waals surface area (Å²) in [6.45, 7) is 9.78. The topological polar surface area (TPSA) is 63.6 Å². The highest BCUT2D eigenvalue weighted by molar-refractivity contribution is 5.82. The smallest absolute Gasteiger partial charge is 0.309 e. The van der Waals surface area contributed by atoms with Crippen LogP contribution in [0, 0.1) is 23.7 Å². The molecule has 0 aromatic carbocycles. The summed E-state index contributed by atoms with van der Waals surface area (Å²) in [6.07, 6.45) is 7.69. The van der Waals surface area contributed by atoms with E-state index in [4.69, 9.17) is 4.74 Å². The highest BCUT2D eigenvalue weighted by Gasteiger charge is 2.46. The maximum atomic E-state index is 12.4. The predicted octanol–water partition coefficient (Wildman–Crippen LogP) is 4.67. The number of ketones is 1. The minimum Gasteiger partial charge on any atom is -0.460 e. The Morgan fingerprint density at radius 3 is 2.62 bits per heavy atom. The van der Waals surface area contributed by atoms with Crippen LogP contribution in [0.3, 0.4) is 0 Å². The second-order valence-electron chi connectivity index (χ2n) is 10.00. The maximum absolute atomic E-state index is 12.4. The molecule has 2 saturated carbocycles. The van der Waals surface area contributed by atoms with E-state index < -0.39 is 11.2 Å². The first-order valence-corrected chi connectivity index (χ1v) is 10.5. The van der Waals surface area contributed by atoms with Crippen molar-refractivity contribution in [2.45, 2.75) is 104 Å². The van der Waals surface area contributed by atoms with E-state index >= 15 is 0 Å². The van der Waals surface area contributed by atoms with Gasteiger partial charge in [0.15, 0.2) is 0 Å². The second-order valence-corrected chi connectivity index (χ2v) is 10.00. The van der Waals surface area contributed by atoms with Crippen LogP contribution in [0.5, 0.6) is 0 Å². The van der Waals surface area contributed by atoms with Gasteiger partial charge in [0, 0.05) is 12.3 Å². The van der Waals surface area contributed by atoms with Crippen molar-refractivity contribution in [3.8, 4) is 0 Å². The summed E-state index contributed by atoms with van der Waals surface area (Å²) in [7, 11) is 0. The summed E-state index contributed by atoms with van der Waals surface area (Å²) in [5.74, 6) is 0.613. The molecule has 0 radical (unpaired) electrons.